The second-order valence-corrected chi connectivity index (χ2v) is 4.22. The molecule has 0 saturated heterocycles. The van der Waals surface area contributed by atoms with E-state index in [4.69, 9.17) is 0 Å². The molecule has 2 heteroatoms. The van der Waals surface area contributed by atoms with Crippen LogP contribution in [-0.4, -0.2) is 17.8 Å². The van der Waals surface area contributed by atoms with E-state index in [0.717, 1.165) is 18.3 Å². The summed E-state index contributed by atoms with van der Waals surface area (Å²) in [6.07, 6.45) is 4.19. The van der Waals surface area contributed by atoms with Crippen LogP contribution in [0.3, 0.4) is 0 Å². The summed E-state index contributed by atoms with van der Waals surface area (Å²) in [6.45, 7) is 0. The van der Waals surface area contributed by atoms with E-state index in [2.05, 4.69) is 6.26 Å². The number of hydrogen-bond donors (Lipinski definition) is 0. The highest BCUT2D eigenvalue weighted by Gasteiger charge is 2.56. The Labute approximate surface area is 65.6 Å². The number of carbonyl (C=O) groups is 1. The van der Waals surface area contributed by atoms with E-state index in [-0.39, 0.29) is 0 Å². The Balaban J connectivity index is 1.92. The molecule has 0 bridgehead atoms. The summed E-state index contributed by atoms with van der Waals surface area (Å²) < 4.78 is 0. The van der Waals surface area contributed by atoms with E-state index in [0.29, 0.717) is 11.7 Å². The van der Waals surface area contributed by atoms with Crippen molar-refractivity contribution < 1.29 is 4.79 Å². The maximum absolute atomic E-state index is 11.1. The van der Waals surface area contributed by atoms with E-state index in [1.165, 1.54) is 12.2 Å². The number of carbonyl (C=O) groups excluding carboxylic acids is 1. The molecule has 0 heterocycles. The van der Waals surface area contributed by atoms with Crippen molar-refractivity contribution in [2.75, 3.05) is 12.0 Å². The molecule has 3 atom stereocenters. The van der Waals surface area contributed by atoms with Crippen LogP contribution in [-0.2, 0) is 4.79 Å². The van der Waals surface area contributed by atoms with Crippen molar-refractivity contribution in [1.29, 1.82) is 0 Å². The van der Waals surface area contributed by atoms with Crippen LogP contribution in [0.1, 0.15) is 12.8 Å². The summed E-state index contributed by atoms with van der Waals surface area (Å²) in [7, 11) is 0. The highest BCUT2D eigenvalue weighted by atomic mass is 32.2. The van der Waals surface area contributed by atoms with Crippen LogP contribution >= 0.6 is 11.8 Å². The molecular formula is C8H12OS. The van der Waals surface area contributed by atoms with Crippen LogP contribution in [0.15, 0.2) is 0 Å². The topological polar surface area (TPSA) is 17.1 Å². The summed E-state index contributed by atoms with van der Waals surface area (Å²) >= 11 is 1.88. The lowest BCUT2D eigenvalue weighted by molar-refractivity contribution is -0.119. The minimum absolute atomic E-state index is 0.507. The van der Waals surface area contributed by atoms with Gasteiger partial charge in [-0.3, -0.25) is 4.79 Å². The molecule has 0 N–H and O–H groups in total. The van der Waals surface area contributed by atoms with Crippen LogP contribution in [0, 0.1) is 17.8 Å². The van der Waals surface area contributed by atoms with Gasteiger partial charge in [-0.05, 0) is 30.3 Å². The number of rotatable bonds is 2. The highest BCUT2D eigenvalue weighted by Crippen LogP contribution is 2.56. The van der Waals surface area contributed by atoms with Gasteiger partial charge in [-0.2, -0.15) is 11.8 Å². The molecule has 2 aliphatic carbocycles. The largest absolute Gasteiger partial charge is 0.299 e. The Bertz CT molecular complexity index is 167. The zero-order chi connectivity index (χ0) is 7.14. The quantitative estimate of drug-likeness (QED) is 0.603. The van der Waals surface area contributed by atoms with Crippen molar-refractivity contribution in [1.82, 2.24) is 0 Å². The van der Waals surface area contributed by atoms with Crippen LogP contribution in [0.25, 0.3) is 0 Å². The molecule has 0 aromatic carbocycles. The summed E-state index contributed by atoms with van der Waals surface area (Å²) in [5.41, 5.74) is 0. The zero-order valence-electron chi connectivity index (χ0n) is 6.17. The fraction of sp³-hybridized carbons (Fsp3) is 0.875. The van der Waals surface area contributed by atoms with Gasteiger partial charge in [0.25, 0.3) is 0 Å². The first kappa shape index (κ1) is 6.71. The normalized spacial score (nSPS) is 43.7. The molecule has 0 spiro atoms. The van der Waals surface area contributed by atoms with Gasteiger partial charge in [0, 0.05) is 12.3 Å². The average molecular weight is 156 g/mol. The molecule has 0 aromatic heterocycles. The lowest BCUT2D eigenvalue weighted by atomic mass is 10.1. The van der Waals surface area contributed by atoms with Crippen molar-refractivity contribution in [2.45, 2.75) is 12.8 Å². The molecular weight excluding hydrogens is 144 g/mol. The molecule has 0 aliphatic heterocycles. The SMILES string of the molecule is CSCC1C2CCC(=O)C21. The Morgan fingerprint density at radius 1 is 1.70 bits per heavy atom. The Hall–Kier alpha value is 0.0200. The van der Waals surface area contributed by atoms with Gasteiger partial charge in [-0.1, -0.05) is 0 Å². The minimum atomic E-state index is 0.507. The first-order chi connectivity index (χ1) is 4.84. The predicted octanol–water partition coefficient (Wildman–Crippen LogP) is 1.57. The molecule has 0 amide bonds. The first-order valence-electron chi connectivity index (χ1n) is 3.86. The van der Waals surface area contributed by atoms with E-state index >= 15 is 0 Å². The highest BCUT2D eigenvalue weighted by molar-refractivity contribution is 7.98. The fourth-order valence-corrected chi connectivity index (χ4v) is 3.05. The van der Waals surface area contributed by atoms with Gasteiger partial charge in [-0.25, -0.2) is 0 Å². The van der Waals surface area contributed by atoms with Crippen molar-refractivity contribution in [3.05, 3.63) is 0 Å². The van der Waals surface area contributed by atoms with Gasteiger partial charge >= 0.3 is 0 Å². The van der Waals surface area contributed by atoms with Crippen LogP contribution in [0.5, 0.6) is 0 Å². The smallest absolute Gasteiger partial charge is 0.136 e. The van der Waals surface area contributed by atoms with E-state index in [1.807, 2.05) is 11.8 Å². The predicted molar refractivity (Wildman–Crippen MR) is 43.1 cm³/mol. The third-order valence-corrected chi connectivity index (χ3v) is 3.50. The number of hydrogen-bond acceptors (Lipinski definition) is 2. The van der Waals surface area contributed by atoms with Crippen molar-refractivity contribution in [2.24, 2.45) is 17.8 Å². The molecule has 3 unspecified atom stereocenters. The Morgan fingerprint density at radius 2 is 2.50 bits per heavy atom. The van der Waals surface area contributed by atoms with E-state index in [1.54, 1.807) is 0 Å². The lowest BCUT2D eigenvalue weighted by Crippen LogP contribution is -2.00. The second kappa shape index (κ2) is 2.26. The van der Waals surface area contributed by atoms with Gasteiger partial charge in [0.2, 0.25) is 0 Å². The average Bonchev–Trinajstić information content (AvgIpc) is 2.45. The summed E-state index contributed by atoms with van der Waals surface area (Å²) in [4.78, 5) is 11.1. The van der Waals surface area contributed by atoms with Gasteiger partial charge in [0.15, 0.2) is 0 Å². The first-order valence-corrected chi connectivity index (χ1v) is 5.25. The number of fused-ring (bicyclic) bond motifs is 1. The zero-order valence-corrected chi connectivity index (χ0v) is 6.99. The minimum Gasteiger partial charge on any atom is -0.299 e. The van der Waals surface area contributed by atoms with Crippen LogP contribution < -0.4 is 0 Å². The van der Waals surface area contributed by atoms with Gasteiger partial charge in [-0.15, -0.1) is 0 Å². The molecule has 2 fully saturated rings. The number of ketones is 1. The molecule has 10 heavy (non-hydrogen) atoms. The van der Waals surface area contributed by atoms with Crippen molar-refractivity contribution in [3.8, 4) is 0 Å². The van der Waals surface area contributed by atoms with Crippen LogP contribution in [0.4, 0.5) is 0 Å². The number of Topliss-reactive ketones (excluding diaryl/α,β-unsaturated/α-hetero) is 1. The van der Waals surface area contributed by atoms with Crippen molar-refractivity contribution in [3.63, 3.8) is 0 Å². The molecule has 2 saturated carbocycles. The third kappa shape index (κ3) is 0.815. The molecule has 0 radical (unpaired) electrons. The summed E-state index contributed by atoms with van der Waals surface area (Å²) in [6, 6.07) is 0. The lowest BCUT2D eigenvalue weighted by Gasteiger charge is -1.97. The number of thioether (sulfide) groups is 1. The van der Waals surface area contributed by atoms with Crippen LogP contribution in [0.2, 0.25) is 0 Å². The Morgan fingerprint density at radius 3 is 3.00 bits per heavy atom. The van der Waals surface area contributed by atoms with Crippen molar-refractivity contribution >= 4 is 17.5 Å². The summed E-state index contributed by atoms with van der Waals surface area (Å²) in [5.74, 6) is 3.84. The molecule has 1 nitrogen and oxygen atoms in total. The summed E-state index contributed by atoms with van der Waals surface area (Å²) in [5, 5.41) is 0. The molecule has 0 aromatic rings. The fourth-order valence-electron chi connectivity index (χ4n) is 2.21. The second-order valence-electron chi connectivity index (χ2n) is 3.31. The maximum atomic E-state index is 11.1. The van der Waals surface area contributed by atoms with E-state index in [9.17, 15) is 4.79 Å². The maximum Gasteiger partial charge on any atom is 0.136 e. The van der Waals surface area contributed by atoms with E-state index < -0.39 is 0 Å². The van der Waals surface area contributed by atoms with Gasteiger partial charge < -0.3 is 0 Å². The van der Waals surface area contributed by atoms with Gasteiger partial charge in [0.1, 0.15) is 5.78 Å². The monoisotopic (exact) mass is 156 g/mol. The molecule has 2 rings (SSSR count). The standard InChI is InChI=1S/C8H12OS/c1-10-4-6-5-2-3-7(9)8(5)6/h5-6,8H,2-4H2,1H3. The third-order valence-electron chi connectivity index (χ3n) is 2.79. The van der Waals surface area contributed by atoms with Gasteiger partial charge in [0.05, 0.1) is 0 Å². The molecule has 56 valence electrons. The Kier molecular flexibility index (Phi) is 1.52. The molecule has 2 aliphatic rings.